The number of halogens is 2. The normalized spacial score (nSPS) is 10.4. The first kappa shape index (κ1) is 20.9. The fraction of sp³-hybridized carbons (Fsp3) is 0.136. The molecule has 0 aliphatic heterocycles. The average molecular weight is 507 g/mol. The topological polar surface area (TPSA) is 67.8 Å². The Labute approximate surface area is 181 Å². The molecule has 0 aromatic heterocycles. The molecule has 0 aliphatic carbocycles. The van der Waals surface area contributed by atoms with Crippen LogP contribution in [0.2, 0.25) is 0 Å². The summed E-state index contributed by atoms with van der Waals surface area (Å²) >= 11 is 2.18. The summed E-state index contributed by atoms with van der Waals surface area (Å²) in [4.78, 5) is 11.1. The van der Waals surface area contributed by atoms with Gasteiger partial charge in [0.15, 0.2) is 11.5 Å². The van der Waals surface area contributed by atoms with Gasteiger partial charge < -0.3 is 19.9 Å². The van der Waals surface area contributed by atoms with Crippen LogP contribution in [0.5, 0.6) is 11.5 Å². The molecule has 0 fully saturated rings. The van der Waals surface area contributed by atoms with E-state index in [-0.39, 0.29) is 11.4 Å². The van der Waals surface area contributed by atoms with Crippen molar-refractivity contribution < 1.29 is 23.8 Å². The van der Waals surface area contributed by atoms with Gasteiger partial charge in [0.1, 0.15) is 12.4 Å². The van der Waals surface area contributed by atoms with E-state index in [0.717, 1.165) is 20.4 Å². The molecule has 2 N–H and O–H groups in total. The number of anilines is 1. The van der Waals surface area contributed by atoms with Crippen LogP contribution in [0.15, 0.2) is 60.7 Å². The number of carboxylic acid groups (broad SMARTS) is 1. The molecule has 3 aromatic carbocycles. The van der Waals surface area contributed by atoms with Crippen LogP contribution in [-0.4, -0.2) is 18.2 Å². The first-order valence-corrected chi connectivity index (χ1v) is 9.85. The number of ether oxygens (including phenoxy) is 2. The average Bonchev–Trinajstić information content (AvgIpc) is 2.72. The lowest BCUT2D eigenvalue weighted by Crippen LogP contribution is -2.04. The lowest BCUT2D eigenvalue weighted by Gasteiger charge is -2.15. The molecule has 7 heteroatoms. The van der Waals surface area contributed by atoms with Crippen molar-refractivity contribution in [2.45, 2.75) is 13.2 Å². The van der Waals surface area contributed by atoms with E-state index >= 15 is 0 Å². The fourth-order valence-electron chi connectivity index (χ4n) is 2.72. The lowest BCUT2D eigenvalue weighted by molar-refractivity contribution is 0.0697. The summed E-state index contributed by atoms with van der Waals surface area (Å²) in [6, 6.07) is 16.6. The minimum Gasteiger partial charge on any atom is -0.493 e. The quantitative estimate of drug-likeness (QED) is 0.404. The molecule has 5 nitrogen and oxygen atoms in total. The number of nitrogens with one attached hydrogen (secondary N) is 1. The van der Waals surface area contributed by atoms with Gasteiger partial charge in [-0.3, -0.25) is 0 Å². The number of carbonyl (C=O) groups is 1. The zero-order valence-corrected chi connectivity index (χ0v) is 17.8. The molecule has 0 amide bonds. The Bertz CT molecular complexity index is 1010. The monoisotopic (exact) mass is 507 g/mol. The Balaban J connectivity index is 1.71. The Morgan fingerprint density at radius 3 is 2.55 bits per heavy atom. The molecular weight excluding hydrogens is 488 g/mol. The minimum absolute atomic E-state index is 0.228. The second-order valence-electron chi connectivity index (χ2n) is 6.26. The smallest absolute Gasteiger partial charge is 0.335 e. The summed E-state index contributed by atoms with van der Waals surface area (Å²) in [5, 5.41) is 12.3. The van der Waals surface area contributed by atoms with Crippen LogP contribution in [0.25, 0.3) is 0 Å². The zero-order valence-electron chi connectivity index (χ0n) is 15.6. The van der Waals surface area contributed by atoms with Crippen molar-refractivity contribution >= 4 is 34.2 Å². The molecular formula is C22H19FINO4. The van der Waals surface area contributed by atoms with Crippen molar-refractivity contribution in [3.8, 4) is 11.5 Å². The number of methoxy groups -OCH3 is 1. The van der Waals surface area contributed by atoms with Gasteiger partial charge in [0.25, 0.3) is 0 Å². The maximum Gasteiger partial charge on any atom is 0.335 e. The molecule has 150 valence electrons. The highest BCUT2D eigenvalue weighted by atomic mass is 127. The van der Waals surface area contributed by atoms with Crippen molar-refractivity contribution in [1.82, 2.24) is 0 Å². The van der Waals surface area contributed by atoms with Gasteiger partial charge >= 0.3 is 5.97 Å². The van der Waals surface area contributed by atoms with Gasteiger partial charge in [-0.15, -0.1) is 0 Å². The number of carboxylic acids is 1. The lowest BCUT2D eigenvalue weighted by atomic mass is 10.1. The Morgan fingerprint density at radius 1 is 1.10 bits per heavy atom. The maximum atomic E-state index is 13.0. The predicted molar refractivity (Wildman–Crippen MR) is 117 cm³/mol. The predicted octanol–water partition coefficient (Wildman–Crippen LogP) is 5.33. The second-order valence-corrected chi connectivity index (χ2v) is 7.43. The molecule has 0 bridgehead atoms. The van der Waals surface area contributed by atoms with Crippen LogP contribution in [0.3, 0.4) is 0 Å². The largest absolute Gasteiger partial charge is 0.493 e. The van der Waals surface area contributed by atoms with Crippen molar-refractivity contribution in [2.75, 3.05) is 12.4 Å². The van der Waals surface area contributed by atoms with Gasteiger partial charge in [0.05, 0.1) is 16.2 Å². The maximum absolute atomic E-state index is 13.0. The molecule has 0 radical (unpaired) electrons. The standard InChI is InChI=1S/C22H19FINO4/c1-28-20-10-15(12-25-18-4-2-3-16(11-18)22(26)27)9-19(24)21(20)29-13-14-5-7-17(23)8-6-14/h2-11,25H,12-13H2,1H3,(H,26,27). The van der Waals surface area contributed by atoms with Crippen LogP contribution in [0.4, 0.5) is 10.1 Å². The van der Waals surface area contributed by atoms with E-state index in [0.29, 0.717) is 24.7 Å². The van der Waals surface area contributed by atoms with Crippen LogP contribution in [0.1, 0.15) is 21.5 Å². The summed E-state index contributed by atoms with van der Waals surface area (Å²) in [5.74, 6) is -0.0386. The van der Waals surface area contributed by atoms with Gasteiger partial charge in [0, 0.05) is 12.2 Å². The van der Waals surface area contributed by atoms with Crippen molar-refractivity contribution in [3.05, 3.63) is 86.7 Å². The number of aromatic carboxylic acids is 1. The molecule has 0 heterocycles. The number of rotatable bonds is 8. The molecule has 0 spiro atoms. The first-order chi connectivity index (χ1) is 14.0. The van der Waals surface area contributed by atoms with Crippen LogP contribution >= 0.6 is 22.6 Å². The van der Waals surface area contributed by atoms with E-state index in [1.54, 1.807) is 37.4 Å². The summed E-state index contributed by atoms with van der Waals surface area (Å²) in [7, 11) is 1.57. The molecule has 3 rings (SSSR count). The third-order valence-corrected chi connectivity index (χ3v) is 4.99. The molecule has 3 aromatic rings. The van der Waals surface area contributed by atoms with E-state index in [4.69, 9.17) is 14.6 Å². The van der Waals surface area contributed by atoms with Crippen LogP contribution in [-0.2, 0) is 13.2 Å². The van der Waals surface area contributed by atoms with E-state index in [2.05, 4.69) is 27.9 Å². The molecule has 0 saturated heterocycles. The molecule has 0 atom stereocenters. The Kier molecular flexibility index (Phi) is 6.92. The third kappa shape index (κ3) is 5.60. The summed E-state index contributed by atoms with van der Waals surface area (Å²) in [5.41, 5.74) is 2.76. The highest BCUT2D eigenvalue weighted by molar-refractivity contribution is 14.1. The third-order valence-electron chi connectivity index (χ3n) is 4.19. The second kappa shape index (κ2) is 9.60. The summed E-state index contributed by atoms with van der Waals surface area (Å²) in [6.45, 7) is 0.792. The molecule has 0 aliphatic rings. The SMILES string of the molecule is COc1cc(CNc2cccc(C(=O)O)c2)cc(I)c1OCc1ccc(F)cc1. The van der Waals surface area contributed by atoms with Crippen LogP contribution < -0.4 is 14.8 Å². The molecule has 0 saturated carbocycles. The van der Waals surface area contributed by atoms with E-state index in [9.17, 15) is 9.18 Å². The highest BCUT2D eigenvalue weighted by Crippen LogP contribution is 2.34. The van der Waals surface area contributed by atoms with Crippen molar-refractivity contribution in [1.29, 1.82) is 0 Å². The van der Waals surface area contributed by atoms with Crippen molar-refractivity contribution in [3.63, 3.8) is 0 Å². The summed E-state index contributed by atoms with van der Waals surface area (Å²) in [6.07, 6.45) is 0. The van der Waals surface area contributed by atoms with Crippen LogP contribution in [0, 0.1) is 9.39 Å². The number of hydrogen-bond acceptors (Lipinski definition) is 4. The van der Waals surface area contributed by atoms with Gasteiger partial charge in [-0.05, 0) is 76.2 Å². The number of hydrogen-bond donors (Lipinski definition) is 2. The minimum atomic E-state index is -0.965. The van der Waals surface area contributed by atoms with E-state index < -0.39 is 5.97 Å². The summed E-state index contributed by atoms with van der Waals surface area (Å²) < 4.78 is 25.3. The van der Waals surface area contributed by atoms with E-state index in [1.807, 2.05) is 18.2 Å². The van der Waals surface area contributed by atoms with Gasteiger partial charge in [-0.1, -0.05) is 18.2 Å². The zero-order chi connectivity index (χ0) is 20.8. The number of benzene rings is 3. The first-order valence-electron chi connectivity index (χ1n) is 8.77. The van der Waals surface area contributed by atoms with Crippen molar-refractivity contribution in [2.24, 2.45) is 0 Å². The molecule has 0 unspecified atom stereocenters. The Morgan fingerprint density at radius 2 is 1.86 bits per heavy atom. The molecule has 29 heavy (non-hydrogen) atoms. The van der Waals surface area contributed by atoms with Gasteiger partial charge in [0.2, 0.25) is 0 Å². The van der Waals surface area contributed by atoms with E-state index in [1.165, 1.54) is 12.1 Å². The highest BCUT2D eigenvalue weighted by Gasteiger charge is 2.12. The Hall–Kier alpha value is -2.81. The van der Waals surface area contributed by atoms with Gasteiger partial charge in [-0.2, -0.15) is 0 Å². The van der Waals surface area contributed by atoms with Gasteiger partial charge in [-0.25, -0.2) is 9.18 Å². The fourth-order valence-corrected chi connectivity index (χ4v) is 3.54.